The van der Waals surface area contributed by atoms with E-state index in [9.17, 15) is 4.79 Å². The fraction of sp³-hybridized carbons (Fsp3) is 0.632. The first kappa shape index (κ1) is 17.2. The van der Waals surface area contributed by atoms with Crippen molar-refractivity contribution in [3.63, 3.8) is 0 Å². The van der Waals surface area contributed by atoms with E-state index in [0.717, 1.165) is 24.9 Å². The summed E-state index contributed by atoms with van der Waals surface area (Å²) in [6, 6.07) is 8.17. The second-order valence-electron chi connectivity index (χ2n) is 7.03. The van der Waals surface area contributed by atoms with Gasteiger partial charge < -0.3 is 19.7 Å². The Labute approximate surface area is 144 Å². The molecule has 5 heteroatoms. The zero-order valence-electron chi connectivity index (χ0n) is 14.9. The quantitative estimate of drug-likeness (QED) is 0.924. The van der Waals surface area contributed by atoms with Crippen LogP contribution in [0.3, 0.4) is 0 Å². The minimum absolute atomic E-state index is 0.00273. The van der Waals surface area contributed by atoms with Gasteiger partial charge in [0.2, 0.25) is 0 Å². The molecule has 0 aliphatic carbocycles. The van der Waals surface area contributed by atoms with Gasteiger partial charge in [0.15, 0.2) is 5.79 Å². The molecule has 0 spiro atoms. The van der Waals surface area contributed by atoms with E-state index >= 15 is 0 Å². The lowest BCUT2D eigenvalue weighted by molar-refractivity contribution is -0.189. The van der Waals surface area contributed by atoms with Crippen LogP contribution in [-0.2, 0) is 9.47 Å². The average molecular weight is 332 g/mol. The molecule has 2 fully saturated rings. The molecule has 3 rings (SSSR count). The van der Waals surface area contributed by atoms with Gasteiger partial charge in [-0.15, -0.1) is 0 Å². The third-order valence-electron chi connectivity index (χ3n) is 5.31. The molecular formula is C19H28N2O3. The maximum absolute atomic E-state index is 12.7. The van der Waals surface area contributed by atoms with E-state index in [1.165, 1.54) is 5.56 Å². The summed E-state index contributed by atoms with van der Waals surface area (Å²) in [5.74, 6) is -0.311. The predicted octanol–water partition coefficient (Wildman–Crippen LogP) is 3.24. The van der Waals surface area contributed by atoms with Gasteiger partial charge in [-0.2, -0.15) is 0 Å². The highest BCUT2D eigenvalue weighted by Gasteiger charge is 2.42. The number of ether oxygens (including phenoxy) is 2. The number of aryl methyl sites for hydroxylation is 1. The first-order valence-electron chi connectivity index (χ1n) is 8.88. The molecule has 0 aromatic heterocycles. The third kappa shape index (κ3) is 3.57. The number of benzene rings is 1. The van der Waals surface area contributed by atoms with Gasteiger partial charge in [0.1, 0.15) is 0 Å². The van der Waals surface area contributed by atoms with Crippen molar-refractivity contribution in [1.29, 1.82) is 0 Å². The molecule has 2 saturated heterocycles. The Kier molecular flexibility index (Phi) is 5.11. The van der Waals surface area contributed by atoms with Crippen LogP contribution < -0.4 is 5.32 Å². The molecule has 2 atom stereocenters. The molecule has 1 N–H and O–H groups in total. The first-order valence-corrected chi connectivity index (χ1v) is 8.88. The Morgan fingerprint density at radius 2 is 2.04 bits per heavy atom. The van der Waals surface area contributed by atoms with Crippen molar-refractivity contribution in [3.8, 4) is 0 Å². The fourth-order valence-electron chi connectivity index (χ4n) is 3.78. The Bertz CT molecular complexity index is 584. The van der Waals surface area contributed by atoms with Crippen molar-refractivity contribution in [3.05, 3.63) is 35.4 Å². The molecule has 2 heterocycles. The average Bonchev–Trinajstić information content (AvgIpc) is 3.03. The van der Waals surface area contributed by atoms with Crippen LogP contribution in [0.2, 0.25) is 0 Å². The van der Waals surface area contributed by atoms with Crippen LogP contribution in [-0.4, -0.2) is 43.0 Å². The largest absolute Gasteiger partial charge is 0.347 e. The molecule has 0 bridgehead atoms. The smallest absolute Gasteiger partial charge is 0.317 e. The van der Waals surface area contributed by atoms with Crippen molar-refractivity contribution >= 4 is 6.03 Å². The van der Waals surface area contributed by atoms with Crippen LogP contribution in [0, 0.1) is 12.8 Å². The summed E-state index contributed by atoms with van der Waals surface area (Å²) in [6.07, 6.45) is 2.02. The van der Waals surface area contributed by atoms with Gasteiger partial charge in [-0.3, -0.25) is 0 Å². The number of hydrogen-bond acceptors (Lipinski definition) is 3. The number of likely N-dealkylation sites (tertiary alicyclic amines) is 1. The molecule has 0 saturated carbocycles. The van der Waals surface area contributed by atoms with Crippen molar-refractivity contribution in [2.24, 2.45) is 5.92 Å². The zero-order chi connectivity index (χ0) is 17.2. The molecular weight excluding hydrogens is 304 g/mol. The van der Waals surface area contributed by atoms with E-state index in [0.29, 0.717) is 19.8 Å². The van der Waals surface area contributed by atoms with E-state index in [2.05, 4.69) is 24.4 Å². The highest BCUT2D eigenvalue weighted by atomic mass is 16.7. The van der Waals surface area contributed by atoms with E-state index in [-0.39, 0.29) is 18.0 Å². The summed E-state index contributed by atoms with van der Waals surface area (Å²) in [7, 11) is 0. The minimum atomic E-state index is -0.541. The maximum Gasteiger partial charge on any atom is 0.317 e. The molecule has 2 amide bonds. The summed E-state index contributed by atoms with van der Waals surface area (Å²) in [5.41, 5.74) is 2.36. The number of carbonyl (C=O) groups excluding carboxylic acids is 1. The number of piperidine rings is 1. The fourth-order valence-corrected chi connectivity index (χ4v) is 3.78. The number of urea groups is 1. The molecule has 24 heavy (non-hydrogen) atoms. The third-order valence-corrected chi connectivity index (χ3v) is 5.31. The van der Waals surface area contributed by atoms with Gasteiger partial charge in [0.05, 0.1) is 19.3 Å². The van der Waals surface area contributed by atoms with Gasteiger partial charge in [0, 0.05) is 19.0 Å². The van der Waals surface area contributed by atoms with Crippen LogP contribution in [0.5, 0.6) is 0 Å². The van der Waals surface area contributed by atoms with E-state index < -0.39 is 5.79 Å². The Morgan fingerprint density at radius 3 is 2.75 bits per heavy atom. The maximum atomic E-state index is 12.7. The molecule has 132 valence electrons. The Hall–Kier alpha value is -1.59. The molecule has 2 aliphatic heterocycles. The van der Waals surface area contributed by atoms with Crippen molar-refractivity contribution in [2.75, 3.05) is 26.3 Å². The Morgan fingerprint density at radius 1 is 1.33 bits per heavy atom. The Balaban J connectivity index is 1.61. The highest BCUT2D eigenvalue weighted by molar-refractivity contribution is 5.75. The van der Waals surface area contributed by atoms with Gasteiger partial charge >= 0.3 is 6.03 Å². The zero-order valence-corrected chi connectivity index (χ0v) is 14.9. The number of nitrogens with zero attached hydrogens (tertiary/aromatic N) is 1. The second kappa shape index (κ2) is 7.11. The van der Waals surface area contributed by atoms with Gasteiger partial charge in [0.25, 0.3) is 0 Å². The van der Waals surface area contributed by atoms with E-state index in [1.54, 1.807) is 0 Å². The normalized spacial score (nSPS) is 24.6. The van der Waals surface area contributed by atoms with Crippen molar-refractivity contribution < 1.29 is 14.3 Å². The molecule has 1 aromatic rings. The minimum Gasteiger partial charge on any atom is -0.347 e. The lowest BCUT2D eigenvalue weighted by Crippen LogP contribution is -2.51. The summed E-state index contributed by atoms with van der Waals surface area (Å²) in [5, 5.41) is 3.14. The lowest BCUT2D eigenvalue weighted by Gasteiger charge is -2.40. The van der Waals surface area contributed by atoms with Crippen molar-refractivity contribution in [2.45, 2.75) is 45.4 Å². The van der Waals surface area contributed by atoms with Crippen LogP contribution >= 0.6 is 0 Å². The van der Waals surface area contributed by atoms with Crippen molar-refractivity contribution in [1.82, 2.24) is 10.2 Å². The van der Waals surface area contributed by atoms with E-state index in [1.807, 2.05) is 30.9 Å². The van der Waals surface area contributed by atoms with Crippen LogP contribution in [0.4, 0.5) is 4.79 Å². The van der Waals surface area contributed by atoms with Gasteiger partial charge in [-0.1, -0.05) is 24.3 Å². The second-order valence-corrected chi connectivity index (χ2v) is 7.03. The first-order chi connectivity index (χ1) is 11.5. The lowest BCUT2D eigenvalue weighted by atomic mass is 9.90. The summed E-state index contributed by atoms with van der Waals surface area (Å²) in [6.45, 7) is 8.87. The molecule has 2 unspecified atom stereocenters. The van der Waals surface area contributed by atoms with E-state index in [4.69, 9.17) is 9.47 Å². The number of rotatable bonds is 3. The number of amides is 2. The van der Waals surface area contributed by atoms with Gasteiger partial charge in [-0.05, 0) is 44.7 Å². The summed E-state index contributed by atoms with van der Waals surface area (Å²) in [4.78, 5) is 14.6. The summed E-state index contributed by atoms with van der Waals surface area (Å²) < 4.78 is 11.6. The predicted molar refractivity (Wildman–Crippen MR) is 92.7 cm³/mol. The molecule has 2 aliphatic rings. The van der Waals surface area contributed by atoms with Crippen LogP contribution in [0.25, 0.3) is 0 Å². The SMILES string of the molecule is Cc1ccccc1C(C)NC(=O)N1CCCC(C2(C)OCCO2)C1. The molecule has 5 nitrogen and oxygen atoms in total. The number of nitrogens with one attached hydrogen (secondary N) is 1. The number of carbonyl (C=O) groups is 1. The monoisotopic (exact) mass is 332 g/mol. The van der Waals surface area contributed by atoms with Crippen LogP contribution in [0.1, 0.15) is 43.9 Å². The van der Waals surface area contributed by atoms with Gasteiger partial charge in [-0.25, -0.2) is 4.79 Å². The van der Waals surface area contributed by atoms with Crippen LogP contribution in [0.15, 0.2) is 24.3 Å². The molecule has 1 aromatic carbocycles. The number of hydrogen-bond donors (Lipinski definition) is 1. The topological polar surface area (TPSA) is 50.8 Å². The standard InChI is InChI=1S/C19H28N2O3/c1-14-7-4-5-9-17(14)15(2)20-18(22)21-10-6-8-16(13-21)19(3)23-11-12-24-19/h4-5,7,9,15-16H,6,8,10-13H2,1-3H3,(H,20,22). The summed E-state index contributed by atoms with van der Waals surface area (Å²) >= 11 is 0. The highest BCUT2D eigenvalue weighted by Crippen LogP contribution is 2.34. The molecule has 0 radical (unpaired) electrons.